The number of nitrogens with two attached hydrogens (primary N) is 1. The zero-order valence-corrected chi connectivity index (χ0v) is 15.0. The second-order valence-corrected chi connectivity index (χ2v) is 5.63. The Balaban J connectivity index is 0.00000144. The van der Waals surface area contributed by atoms with Crippen molar-refractivity contribution in [2.24, 2.45) is 5.73 Å². The van der Waals surface area contributed by atoms with Crippen LogP contribution in [0.25, 0.3) is 11.0 Å². The number of hydrogen-bond donors (Lipinski definition) is 2. The molecule has 0 radical (unpaired) electrons. The SMILES string of the molecule is Cl.Cl.NC[C@H]1CC[C@@H](C(=O)NCCCn2cnc3ccccc32)O1. The zero-order valence-electron chi connectivity index (χ0n) is 13.4. The van der Waals surface area contributed by atoms with Crippen molar-refractivity contribution in [3.63, 3.8) is 0 Å². The van der Waals surface area contributed by atoms with Gasteiger partial charge in [0.05, 0.1) is 23.5 Å². The van der Waals surface area contributed by atoms with Crippen LogP contribution >= 0.6 is 24.8 Å². The maximum Gasteiger partial charge on any atom is 0.249 e. The van der Waals surface area contributed by atoms with Crippen LogP contribution in [0.2, 0.25) is 0 Å². The van der Waals surface area contributed by atoms with Crippen LogP contribution in [0.5, 0.6) is 0 Å². The van der Waals surface area contributed by atoms with Gasteiger partial charge in [0.25, 0.3) is 0 Å². The molecule has 1 aliphatic heterocycles. The summed E-state index contributed by atoms with van der Waals surface area (Å²) in [5, 5.41) is 2.94. The fourth-order valence-corrected chi connectivity index (χ4v) is 2.84. The van der Waals surface area contributed by atoms with Gasteiger partial charge >= 0.3 is 0 Å². The van der Waals surface area contributed by atoms with Gasteiger partial charge in [0, 0.05) is 19.6 Å². The number of fused-ring (bicyclic) bond motifs is 1. The minimum absolute atomic E-state index is 0. The third kappa shape index (κ3) is 4.83. The van der Waals surface area contributed by atoms with Crippen LogP contribution in [0.1, 0.15) is 19.3 Å². The Hall–Kier alpha value is -1.34. The van der Waals surface area contributed by atoms with Gasteiger partial charge in [-0.25, -0.2) is 4.98 Å². The summed E-state index contributed by atoms with van der Waals surface area (Å²) in [5.41, 5.74) is 7.67. The van der Waals surface area contributed by atoms with Crippen LogP contribution in [0.3, 0.4) is 0 Å². The molecule has 0 aliphatic carbocycles. The zero-order chi connectivity index (χ0) is 15.4. The Kier molecular flexibility index (Phi) is 8.48. The molecule has 0 unspecified atom stereocenters. The summed E-state index contributed by atoms with van der Waals surface area (Å²) in [4.78, 5) is 16.3. The molecule has 1 saturated heterocycles. The molecule has 0 saturated carbocycles. The van der Waals surface area contributed by atoms with E-state index < -0.39 is 0 Å². The first-order valence-electron chi connectivity index (χ1n) is 7.81. The smallest absolute Gasteiger partial charge is 0.249 e. The summed E-state index contributed by atoms with van der Waals surface area (Å²) in [6.45, 7) is 1.95. The van der Waals surface area contributed by atoms with E-state index in [2.05, 4.69) is 20.9 Å². The Morgan fingerprint density at radius 2 is 2.12 bits per heavy atom. The van der Waals surface area contributed by atoms with E-state index in [0.717, 1.165) is 36.8 Å². The van der Waals surface area contributed by atoms with Crippen molar-refractivity contribution < 1.29 is 9.53 Å². The van der Waals surface area contributed by atoms with E-state index in [9.17, 15) is 4.79 Å². The molecule has 24 heavy (non-hydrogen) atoms. The fourth-order valence-electron chi connectivity index (χ4n) is 2.84. The minimum Gasteiger partial charge on any atom is -0.364 e. The highest BCUT2D eigenvalue weighted by Crippen LogP contribution is 2.18. The molecule has 1 amide bonds. The summed E-state index contributed by atoms with van der Waals surface area (Å²) >= 11 is 0. The molecule has 2 atom stereocenters. The number of rotatable bonds is 6. The number of carbonyl (C=O) groups excluding carboxylic acids is 1. The molecule has 134 valence electrons. The molecule has 2 aromatic rings. The molecule has 3 rings (SSSR count). The Morgan fingerprint density at radius 3 is 2.88 bits per heavy atom. The number of aryl methyl sites for hydroxylation is 1. The highest BCUT2D eigenvalue weighted by Gasteiger charge is 2.29. The van der Waals surface area contributed by atoms with Crippen LogP contribution in [0.4, 0.5) is 0 Å². The van der Waals surface area contributed by atoms with Crippen molar-refractivity contribution in [3.05, 3.63) is 30.6 Å². The second-order valence-electron chi connectivity index (χ2n) is 5.63. The number of hydrogen-bond acceptors (Lipinski definition) is 4. The fraction of sp³-hybridized carbons (Fsp3) is 0.500. The molecule has 1 aromatic heterocycles. The van der Waals surface area contributed by atoms with Crippen molar-refractivity contribution in [1.82, 2.24) is 14.9 Å². The summed E-state index contributed by atoms with van der Waals surface area (Å²) < 4.78 is 7.69. The van der Waals surface area contributed by atoms with Crippen molar-refractivity contribution in [2.75, 3.05) is 13.1 Å². The quantitative estimate of drug-likeness (QED) is 0.756. The number of ether oxygens (including phenoxy) is 1. The van der Waals surface area contributed by atoms with Gasteiger partial charge in [-0.05, 0) is 31.4 Å². The number of benzene rings is 1. The van der Waals surface area contributed by atoms with E-state index in [4.69, 9.17) is 10.5 Å². The maximum atomic E-state index is 12.0. The predicted octanol–water partition coefficient (Wildman–Crippen LogP) is 1.89. The molecular weight excluding hydrogens is 351 g/mol. The van der Waals surface area contributed by atoms with E-state index in [1.807, 2.05) is 24.5 Å². The molecule has 1 aliphatic rings. The highest BCUT2D eigenvalue weighted by molar-refractivity contribution is 5.85. The topological polar surface area (TPSA) is 82.2 Å². The van der Waals surface area contributed by atoms with Crippen LogP contribution in [-0.2, 0) is 16.1 Å². The highest BCUT2D eigenvalue weighted by atomic mass is 35.5. The Morgan fingerprint density at radius 1 is 1.33 bits per heavy atom. The van der Waals surface area contributed by atoms with E-state index in [1.165, 1.54) is 0 Å². The first-order chi connectivity index (χ1) is 10.8. The Labute approximate surface area is 154 Å². The number of nitrogens with zero attached hydrogens (tertiary/aromatic N) is 2. The van der Waals surface area contributed by atoms with Gasteiger partial charge in [0.15, 0.2) is 0 Å². The Bertz CT molecular complexity index is 650. The van der Waals surface area contributed by atoms with Crippen LogP contribution in [0.15, 0.2) is 30.6 Å². The number of imidazole rings is 1. The number of aromatic nitrogens is 2. The van der Waals surface area contributed by atoms with Crippen molar-refractivity contribution in [3.8, 4) is 0 Å². The second kappa shape index (κ2) is 9.84. The summed E-state index contributed by atoms with van der Waals surface area (Å²) in [7, 11) is 0. The van der Waals surface area contributed by atoms with Gasteiger partial charge in [0.1, 0.15) is 6.10 Å². The van der Waals surface area contributed by atoms with E-state index in [-0.39, 0.29) is 42.9 Å². The van der Waals surface area contributed by atoms with Crippen LogP contribution < -0.4 is 11.1 Å². The molecule has 2 heterocycles. The lowest BCUT2D eigenvalue weighted by atomic mass is 10.2. The van der Waals surface area contributed by atoms with Crippen LogP contribution in [-0.4, -0.2) is 40.8 Å². The summed E-state index contributed by atoms with van der Waals surface area (Å²) in [6.07, 6.45) is 4.04. The van der Waals surface area contributed by atoms with Crippen molar-refractivity contribution >= 4 is 41.8 Å². The van der Waals surface area contributed by atoms with Crippen molar-refractivity contribution in [1.29, 1.82) is 0 Å². The molecule has 0 bridgehead atoms. The molecular formula is C16H24Cl2N4O2. The van der Waals surface area contributed by atoms with Gasteiger partial charge in [-0.2, -0.15) is 0 Å². The molecule has 8 heteroatoms. The average molecular weight is 375 g/mol. The van der Waals surface area contributed by atoms with E-state index in [0.29, 0.717) is 13.1 Å². The van der Waals surface area contributed by atoms with Gasteiger partial charge in [-0.15, -0.1) is 24.8 Å². The number of halogens is 2. The van der Waals surface area contributed by atoms with Gasteiger partial charge < -0.3 is 20.4 Å². The maximum absolute atomic E-state index is 12.0. The third-order valence-electron chi connectivity index (χ3n) is 4.07. The first kappa shape index (κ1) is 20.7. The first-order valence-corrected chi connectivity index (χ1v) is 7.81. The predicted molar refractivity (Wildman–Crippen MR) is 98.8 cm³/mol. The van der Waals surface area contributed by atoms with Gasteiger partial charge in [0.2, 0.25) is 5.91 Å². The standard InChI is InChI=1S/C16H22N4O2.2ClH/c17-10-12-6-7-15(22-12)16(21)18-8-3-9-20-11-19-13-4-1-2-5-14(13)20;;/h1-2,4-5,11-12,15H,3,6-10,17H2,(H,18,21);2*1H/t12-,15+;;/m1../s1. The van der Waals surface area contributed by atoms with Crippen molar-refractivity contribution in [2.45, 2.75) is 38.0 Å². The molecule has 1 aromatic carbocycles. The molecule has 6 nitrogen and oxygen atoms in total. The van der Waals surface area contributed by atoms with Gasteiger partial charge in [-0.3, -0.25) is 4.79 Å². The normalized spacial score (nSPS) is 19.5. The number of carbonyl (C=O) groups is 1. The molecule has 1 fully saturated rings. The van der Waals surface area contributed by atoms with Crippen LogP contribution in [0, 0.1) is 0 Å². The average Bonchev–Trinajstić information content (AvgIpc) is 3.18. The monoisotopic (exact) mass is 374 g/mol. The summed E-state index contributed by atoms with van der Waals surface area (Å²) in [5.74, 6) is -0.0218. The van der Waals surface area contributed by atoms with E-state index >= 15 is 0 Å². The number of amides is 1. The third-order valence-corrected chi connectivity index (χ3v) is 4.07. The van der Waals surface area contributed by atoms with Gasteiger partial charge in [-0.1, -0.05) is 12.1 Å². The molecule has 0 spiro atoms. The molecule has 3 N–H and O–H groups in total. The lowest BCUT2D eigenvalue weighted by Gasteiger charge is -2.12. The number of para-hydroxylation sites is 2. The minimum atomic E-state index is -0.331. The summed E-state index contributed by atoms with van der Waals surface area (Å²) in [6, 6.07) is 8.04. The van der Waals surface area contributed by atoms with E-state index in [1.54, 1.807) is 0 Å². The largest absolute Gasteiger partial charge is 0.364 e. The lowest BCUT2D eigenvalue weighted by Crippen LogP contribution is -2.36. The number of nitrogens with one attached hydrogen (secondary N) is 1. The lowest BCUT2D eigenvalue weighted by molar-refractivity contribution is -0.131.